The van der Waals surface area contributed by atoms with E-state index in [2.05, 4.69) is 15.3 Å². The van der Waals surface area contributed by atoms with Gasteiger partial charge in [0.2, 0.25) is 5.28 Å². The van der Waals surface area contributed by atoms with E-state index in [0.717, 1.165) is 0 Å². The van der Waals surface area contributed by atoms with Gasteiger partial charge in [0.05, 0.1) is 0 Å². The van der Waals surface area contributed by atoms with Crippen molar-refractivity contribution in [3.8, 4) is 0 Å². The van der Waals surface area contributed by atoms with Crippen LogP contribution in [0.5, 0.6) is 0 Å². The van der Waals surface area contributed by atoms with Crippen LogP contribution in [0.15, 0.2) is 30.3 Å². The molecule has 1 aromatic heterocycles. The van der Waals surface area contributed by atoms with Crippen LogP contribution >= 0.6 is 11.6 Å². The number of hydrogen-bond donors (Lipinski definition) is 1. The molecule has 106 valence electrons. The predicted octanol–water partition coefficient (Wildman–Crippen LogP) is 3.90. The van der Waals surface area contributed by atoms with Gasteiger partial charge in [0, 0.05) is 18.2 Å². The normalized spacial score (nSPS) is 11.4. The molecule has 0 saturated heterocycles. The number of hydrogen-bond acceptors (Lipinski definition) is 3. The van der Waals surface area contributed by atoms with E-state index in [1.807, 2.05) is 0 Å². The minimum atomic E-state index is -4.62. The molecule has 1 aromatic carbocycles. The minimum absolute atomic E-state index is 0.0166. The Labute approximate surface area is 116 Å². The molecule has 8 heteroatoms. The SMILES string of the molecule is Fc1ccccc1CNc1cc(C(F)(F)F)nc(Cl)n1. The van der Waals surface area contributed by atoms with Gasteiger partial charge in [-0.2, -0.15) is 13.2 Å². The van der Waals surface area contributed by atoms with Gasteiger partial charge in [0.1, 0.15) is 11.6 Å². The van der Waals surface area contributed by atoms with Crippen LogP contribution in [0.3, 0.4) is 0 Å². The zero-order valence-electron chi connectivity index (χ0n) is 9.88. The van der Waals surface area contributed by atoms with Crippen LogP contribution in [0.2, 0.25) is 5.28 Å². The lowest BCUT2D eigenvalue weighted by Crippen LogP contribution is -2.11. The maximum absolute atomic E-state index is 13.4. The number of benzene rings is 1. The first-order chi connectivity index (χ1) is 9.36. The third-order valence-corrected chi connectivity index (χ3v) is 2.58. The highest BCUT2D eigenvalue weighted by Crippen LogP contribution is 2.29. The summed E-state index contributed by atoms with van der Waals surface area (Å²) in [5.41, 5.74) is -0.857. The van der Waals surface area contributed by atoms with Gasteiger partial charge in [-0.25, -0.2) is 14.4 Å². The quantitative estimate of drug-likeness (QED) is 0.690. The van der Waals surface area contributed by atoms with E-state index >= 15 is 0 Å². The Bertz CT molecular complexity index is 616. The number of nitrogens with zero attached hydrogens (tertiary/aromatic N) is 2. The van der Waals surface area contributed by atoms with Crippen molar-refractivity contribution < 1.29 is 17.6 Å². The van der Waals surface area contributed by atoms with Crippen LogP contribution in [-0.2, 0) is 12.7 Å². The van der Waals surface area contributed by atoms with Gasteiger partial charge in [0.15, 0.2) is 5.69 Å². The fourth-order valence-electron chi connectivity index (χ4n) is 1.48. The Morgan fingerprint density at radius 2 is 1.85 bits per heavy atom. The monoisotopic (exact) mass is 305 g/mol. The average molecular weight is 306 g/mol. The molecule has 0 amide bonds. The van der Waals surface area contributed by atoms with Crippen molar-refractivity contribution in [3.63, 3.8) is 0 Å². The average Bonchev–Trinajstić information content (AvgIpc) is 2.36. The van der Waals surface area contributed by atoms with Gasteiger partial charge in [-0.3, -0.25) is 0 Å². The molecule has 0 saturated carbocycles. The van der Waals surface area contributed by atoms with Crippen molar-refractivity contribution in [1.29, 1.82) is 0 Å². The lowest BCUT2D eigenvalue weighted by molar-refractivity contribution is -0.141. The summed E-state index contributed by atoms with van der Waals surface area (Å²) in [7, 11) is 0. The summed E-state index contributed by atoms with van der Waals surface area (Å²) < 4.78 is 51.0. The lowest BCUT2D eigenvalue weighted by atomic mass is 10.2. The van der Waals surface area contributed by atoms with Crippen molar-refractivity contribution in [3.05, 3.63) is 52.7 Å². The topological polar surface area (TPSA) is 37.8 Å². The molecular formula is C12H8ClF4N3. The summed E-state index contributed by atoms with van der Waals surface area (Å²) in [4.78, 5) is 6.71. The van der Waals surface area contributed by atoms with Crippen LogP contribution in [-0.4, -0.2) is 9.97 Å². The Morgan fingerprint density at radius 1 is 1.15 bits per heavy atom. The summed E-state index contributed by atoms with van der Waals surface area (Å²) in [6, 6.07) is 6.62. The van der Waals surface area contributed by atoms with E-state index in [0.29, 0.717) is 11.6 Å². The number of halogens is 5. The van der Waals surface area contributed by atoms with Crippen molar-refractivity contribution >= 4 is 17.4 Å². The first kappa shape index (κ1) is 14.5. The molecule has 0 aliphatic rings. The zero-order chi connectivity index (χ0) is 14.8. The zero-order valence-corrected chi connectivity index (χ0v) is 10.6. The standard InChI is InChI=1S/C12H8ClF4N3/c13-11-19-9(12(15,16)17)5-10(20-11)18-6-7-3-1-2-4-8(7)14/h1-5H,6H2,(H,18,19,20). The van der Waals surface area contributed by atoms with E-state index < -0.39 is 23.0 Å². The summed E-state index contributed by atoms with van der Waals surface area (Å²) >= 11 is 5.43. The largest absolute Gasteiger partial charge is 0.433 e. The van der Waals surface area contributed by atoms with Crippen LogP contribution in [0.25, 0.3) is 0 Å². The molecule has 2 rings (SSSR count). The van der Waals surface area contributed by atoms with Crippen LogP contribution < -0.4 is 5.32 Å². The summed E-state index contributed by atoms with van der Waals surface area (Å²) in [5, 5.41) is 2.05. The number of anilines is 1. The Kier molecular flexibility index (Phi) is 4.08. The van der Waals surface area contributed by atoms with Crippen LogP contribution in [0.4, 0.5) is 23.4 Å². The maximum atomic E-state index is 13.4. The highest BCUT2D eigenvalue weighted by molar-refractivity contribution is 6.28. The molecule has 3 nitrogen and oxygen atoms in total. The number of nitrogens with one attached hydrogen (secondary N) is 1. The molecular weight excluding hydrogens is 298 g/mol. The Hall–Kier alpha value is -1.89. The first-order valence-corrected chi connectivity index (χ1v) is 5.83. The molecule has 0 unspecified atom stereocenters. The summed E-state index contributed by atoms with van der Waals surface area (Å²) in [6.07, 6.45) is -4.62. The van der Waals surface area contributed by atoms with Crippen LogP contribution in [0, 0.1) is 5.82 Å². The van der Waals surface area contributed by atoms with E-state index in [1.165, 1.54) is 18.2 Å². The van der Waals surface area contributed by atoms with Gasteiger partial charge in [-0.15, -0.1) is 0 Å². The van der Waals surface area contributed by atoms with Gasteiger partial charge < -0.3 is 5.32 Å². The van der Waals surface area contributed by atoms with E-state index in [-0.39, 0.29) is 12.4 Å². The molecule has 2 aromatic rings. The molecule has 0 bridgehead atoms. The highest BCUT2D eigenvalue weighted by atomic mass is 35.5. The fourth-order valence-corrected chi connectivity index (χ4v) is 1.66. The Morgan fingerprint density at radius 3 is 2.50 bits per heavy atom. The number of aromatic nitrogens is 2. The fraction of sp³-hybridized carbons (Fsp3) is 0.167. The van der Waals surface area contributed by atoms with Gasteiger partial charge in [-0.05, 0) is 17.7 Å². The molecule has 1 N–H and O–H groups in total. The molecule has 0 aliphatic carbocycles. The molecule has 0 fully saturated rings. The van der Waals surface area contributed by atoms with Gasteiger partial charge >= 0.3 is 6.18 Å². The highest BCUT2D eigenvalue weighted by Gasteiger charge is 2.33. The third kappa shape index (κ3) is 3.57. The Balaban J connectivity index is 2.18. The molecule has 0 atom stereocenters. The summed E-state index contributed by atoms with van der Waals surface area (Å²) in [6.45, 7) is -0.0166. The molecule has 1 heterocycles. The second kappa shape index (κ2) is 5.62. The maximum Gasteiger partial charge on any atom is 0.433 e. The molecule has 0 aliphatic heterocycles. The smallest absolute Gasteiger partial charge is 0.366 e. The molecule has 0 radical (unpaired) electrons. The third-order valence-electron chi connectivity index (χ3n) is 2.41. The lowest BCUT2D eigenvalue weighted by Gasteiger charge is -2.10. The van der Waals surface area contributed by atoms with Crippen molar-refractivity contribution in [2.75, 3.05) is 5.32 Å². The second-order valence-corrected chi connectivity index (χ2v) is 4.19. The molecule has 20 heavy (non-hydrogen) atoms. The minimum Gasteiger partial charge on any atom is -0.366 e. The van der Waals surface area contributed by atoms with Crippen molar-refractivity contribution in [2.24, 2.45) is 0 Å². The first-order valence-electron chi connectivity index (χ1n) is 5.45. The number of rotatable bonds is 3. The molecule has 0 spiro atoms. The van der Waals surface area contributed by atoms with E-state index in [1.54, 1.807) is 6.07 Å². The van der Waals surface area contributed by atoms with E-state index in [9.17, 15) is 17.6 Å². The van der Waals surface area contributed by atoms with Crippen LogP contribution in [0.1, 0.15) is 11.3 Å². The van der Waals surface area contributed by atoms with Gasteiger partial charge in [-0.1, -0.05) is 18.2 Å². The predicted molar refractivity (Wildman–Crippen MR) is 65.8 cm³/mol. The van der Waals surface area contributed by atoms with Gasteiger partial charge in [0.25, 0.3) is 0 Å². The number of alkyl halides is 3. The summed E-state index contributed by atoms with van der Waals surface area (Å²) in [5.74, 6) is -0.586. The van der Waals surface area contributed by atoms with Crippen molar-refractivity contribution in [2.45, 2.75) is 12.7 Å². The second-order valence-electron chi connectivity index (χ2n) is 3.85. The van der Waals surface area contributed by atoms with Crippen molar-refractivity contribution in [1.82, 2.24) is 9.97 Å². The van der Waals surface area contributed by atoms with E-state index in [4.69, 9.17) is 11.6 Å².